The summed E-state index contributed by atoms with van der Waals surface area (Å²) in [6.07, 6.45) is 8.30. The molecular weight excluding hydrogens is 489 g/mol. The number of hydrogen-bond acceptors (Lipinski definition) is 6. The number of nitrogens with zero attached hydrogens (tertiary/aromatic N) is 3. The molecule has 2 aromatic heterocycles. The number of ether oxygens (including phenoxy) is 1. The molecule has 1 atom stereocenters. The van der Waals surface area contributed by atoms with E-state index in [0.29, 0.717) is 32.1 Å². The predicted octanol–water partition coefficient (Wildman–Crippen LogP) is 2.80. The average Bonchev–Trinajstić information content (AvgIpc) is 3.41. The molecule has 188 valence electrons. The quantitative estimate of drug-likeness (QED) is 0.447. The Bertz CT molecular complexity index is 1280. The summed E-state index contributed by atoms with van der Waals surface area (Å²) in [4.78, 5) is 33.9. The molecular formula is C25H25ClFN5O4. The molecule has 3 aliphatic carbocycles. The lowest BCUT2D eigenvalue weighted by Crippen LogP contribution is -2.70. The second-order valence-electron chi connectivity index (χ2n) is 9.39. The standard InChI is InChI=1S/C25H25ClFN5O4/c26-18-2-1-17(12-19(18)27)36-14-22(34)30-25-6-4-24(5-7-25,13-21(25)33)31-23(35)20-11-16(3-8-29-20)32-10-9-28-15-32/h1-3,8-12,15,21,33H,4-7,13-14H2,(H,30,34)(H,31,35). The van der Waals surface area contributed by atoms with Gasteiger partial charge in [-0.2, -0.15) is 0 Å². The van der Waals surface area contributed by atoms with E-state index in [1.807, 2.05) is 0 Å². The first-order valence-electron chi connectivity index (χ1n) is 11.6. The summed E-state index contributed by atoms with van der Waals surface area (Å²) in [6, 6.07) is 7.41. The average molecular weight is 514 g/mol. The number of aliphatic hydroxyl groups is 1. The van der Waals surface area contributed by atoms with Crippen molar-refractivity contribution in [3.05, 3.63) is 71.8 Å². The van der Waals surface area contributed by atoms with E-state index in [-0.39, 0.29) is 29.0 Å². The van der Waals surface area contributed by atoms with Gasteiger partial charge in [0.2, 0.25) is 0 Å². The van der Waals surface area contributed by atoms with Gasteiger partial charge < -0.3 is 25.0 Å². The summed E-state index contributed by atoms with van der Waals surface area (Å²) in [7, 11) is 0. The molecule has 2 bridgehead atoms. The van der Waals surface area contributed by atoms with Gasteiger partial charge in [0.25, 0.3) is 11.8 Å². The first-order valence-corrected chi connectivity index (χ1v) is 12.0. The number of carbonyl (C=O) groups is 2. The second kappa shape index (κ2) is 9.51. The Morgan fingerprint density at radius 2 is 1.97 bits per heavy atom. The Kier molecular flexibility index (Phi) is 6.40. The third kappa shape index (κ3) is 4.78. The van der Waals surface area contributed by atoms with E-state index < -0.39 is 28.9 Å². The van der Waals surface area contributed by atoms with Gasteiger partial charge in [-0.05, 0) is 56.4 Å². The third-order valence-electron chi connectivity index (χ3n) is 7.13. The lowest BCUT2D eigenvalue weighted by Gasteiger charge is -2.56. The minimum absolute atomic E-state index is 0.0320. The van der Waals surface area contributed by atoms with Crippen molar-refractivity contribution >= 4 is 23.4 Å². The molecule has 6 rings (SSSR count). The topological polar surface area (TPSA) is 118 Å². The van der Waals surface area contributed by atoms with E-state index in [0.717, 1.165) is 11.8 Å². The first kappa shape index (κ1) is 24.2. The molecule has 3 N–H and O–H groups in total. The van der Waals surface area contributed by atoms with Gasteiger partial charge in [0.15, 0.2) is 6.61 Å². The number of aliphatic hydroxyl groups excluding tert-OH is 1. The number of benzene rings is 1. The van der Waals surface area contributed by atoms with Crippen LogP contribution in [0, 0.1) is 5.82 Å². The highest BCUT2D eigenvalue weighted by molar-refractivity contribution is 6.30. The summed E-state index contributed by atoms with van der Waals surface area (Å²) in [5, 5.41) is 17.0. The molecule has 0 aliphatic heterocycles. The number of pyridine rings is 1. The van der Waals surface area contributed by atoms with Crippen LogP contribution in [0.4, 0.5) is 4.39 Å². The molecule has 1 aromatic carbocycles. The fourth-order valence-electron chi connectivity index (χ4n) is 5.11. The number of carbonyl (C=O) groups excluding carboxylic acids is 2. The lowest BCUT2D eigenvalue weighted by molar-refractivity contribution is -0.132. The zero-order valence-electron chi connectivity index (χ0n) is 19.3. The van der Waals surface area contributed by atoms with Gasteiger partial charge in [-0.1, -0.05) is 11.6 Å². The van der Waals surface area contributed by atoms with Crippen molar-refractivity contribution in [2.24, 2.45) is 0 Å². The number of nitrogens with one attached hydrogen (secondary N) is 2. The monoisotopic (exact) mass is 513 g/mol. The second-order valence-corrected chi connectivity index (χ2v) is 9.80. The molecule has 3 fully saturated rings. The minimum atomic E-state index is -0.845. The van der Waals surface area contributed by atoms with Gasteiger partial charge in [0, 0.05) is 30.2 Å². The van der Waals surface area contributed by atoms with Crippen LogP contribution >= 0.6 is 11.6 Å². The van der Waals surface area contributed by atoms with Crippen molar-refractivity contribution < 1.29 is 23.8 Å². The van der Waals surface area contributed by atoms with Gasteiger partial charge >= 0.3 is 0 Å². The van der Waals surface area contributed by atoms with Crippen molar-refractivity contribution in [3.8, 4) is 11.4 Å². The summed E-state index contributed by atoms with van der Waals surface area (Å²) in [5.41, 5.74) is -0.329. The summed E-state index contributed by atoms with van der Waals surface area (Å²) in [6.45, 7) is -0.323. The number of amides is 2. The molecule has 11 heteroatoms. The van der Waals surface area contributed by atoms with Crippen molar-refractivity contribution in [1.29, 1.82) is 0 Å². The van der Waals surface area contributed by atoms with Crippen LogP contribution in [0.15, 0.2) is 55.2 Å². The van der Waals surface area contributed by atoms with Crippen molar-refractivity contribution in [2.45, 2.75) is 49.3 Å². The Labute approximate surface area is 211 Å². The van der Waals surface area contributed by atoms with Gasteiger partial charge in [0.1, 0.15) is 17.3 Å². The Morgan fingerprint density at radius 1 is 1.17 bits per heavy atom. The number of hydrogen-bond donors (Lipinski definition) is 3. The zero-order valence-corrected chi connectivity index (χ0v) is 20.0. The lowest BCUT2D eigenvalue weighted by atomic mass is 9.60. The molecule has 9 nitrogen and oxygen atoms in total. The van der Waals surface area contributed by atoms with Crippen LogP contribution in [-0.4, -0.2) is 55.2 Å². The van der Waals surface area contributed by atoms with Crippen LogP contribution < -0.4 is 15.4 Å². The highest BCUT2D eigenvalue weighted by Crippen LogP contribution is 2.47. The van der Waals surface area contributed by atoms with E-state index in [9.17, 15) is 19.1 Å². The van der Waals surface area contributed by atoms with Gasteiger partial charge in [0.05, 0.1) is 28.7 Å². The summed E-state index contributed by atoms with van der Waals surface area (Å²) >= 11 is 5.66. The molecule has 3 aromatic rings. The highest BCUT2D eigenvalue weighted by Gasteiger charge is 2.55. The zero-order chi connectivity index (χ0) is 25.3. The van der Waals surface area contributed by atoms with Crippen LogP contribution in [0.25, 0.3) is 5.69 Å². The van der Waals surface area contributed by atoms with Gasteiger partial charge in [-0.3, -0.25) is 14.6 Å². The van der Waals surface area contributed by atoms with Crippen LogP contribution in [-0.2, 0) is 4.79 Å². The smallest absolute Gasteiger partial charge is 0.270 e. The Hall–Kier alpha value is -3.50. The van der Waals surface area contributed by atoms with Crippen molar-refractivity contribution in [2.75, 3.05) is 6.61 Å². The molecule has 36 heavy (non-hydrogen) atoms. The molecule has 2 amide bonds. The van der Waals surface area contributed by atoms with Crippen LogP contribution in [0.3, 0.4) is 0 Å². The maximum Gasteiger partial charge on any atom is 0.270 e. The van der Waals surface area contributed by atoms with E-state index in [4.69, 9.17) is 16.3 Å². The van der Waals surface area contributed by atoms with Crippen LogP contribution in [0.5, 0.6) is 5.75 Å². The molecule has 2 heterocycles. The van der Waals surface area contributed by atoms with E-state index in [2.05, 4.69) is 20.6 Å². The van der Waals surface area contributed by atoms with Crippen LogP contribution in [0.2, 0.25) is 5.02 Å². The molecule has 0 saturated heterocycles. The van der Waals surface area contributed by atoms with Gasteiger partial charge in [-0.25, -0.2) is 9.37 Å². The van der Waals surface area contributed by atoms with Crippen molar-refractivity contribution in [1.82, 2.24) is 25.2 Å². The normalized spacial score (nSPS) is 24.8. The molecule has 3 saturated carbocycles. The largest absolute Gasteiger partial charge is 0.484 e. The van der Waals surface area contributed by atoms with Crippen LogP contribution in [0.1, 0.15) is 42.6 Å². The number of fused-ring (bicyclic) bond motifs is 3. The fourth-order valence-corrected chi connectivity index (χ4v) is 5.23. The maximum absolute atomic E-state index is 13.6. The van der Waals surface area contributed by atoms with E-state index in [1.54, 1.807) is 41.6 Å². The Balaban J connectivity index is 1.19. The van der Waals surface area contributed by atoms with Gasteiger partial charge in [-0.15, -0.1) is 0 Å². The molecule has 0 spiro atoms. The first-order chi connectivity index (χ1) is 17.3. The third-order valence-corrected chi connectivity index (χ3v) is 7.43. The fraction of sp³-hybridized carbons (Fsp3) is 0.360. The molecule has 3 aliphatic rings. The number of rotatable bonds is 7. The molecule has 0 radical (unpaired) electrons. The van der Waals surface area contributed by atoms with Crippen molar-refractivity contribution in [3.63, 3.8) is 0 Å². The van der Waals surface area contributed by atoms with E-state index >= 15 is 0 Å². The predicted molar refractivity (Wildman–Crippen MR) is 128 cm³/mol. The Morgan fingerprint density at radius 3 is 2.67 bits per heavy atom. The van der Waals surface area contributed by atoms with E-state index in [1.165, 1.54) is 12.1 Å². The highest BCUT2D eigenvalue weighted by atomic mass is 35.5. The molecule has 1 unspecified atom stereocenters. The number of imidazole rings is 1. The maximum atomic E-state index is 13.6. The number of halogens is 2. The number of aromatic nitrogens is 3. The SMILES string of the molecule is O=C(COc1ccc(Cl)c(F)c1)NC12CCC(NC(=O)c3cc(-n4ccnc4)ccn3)(CC1)CC2O. The summed E-state index contributed by atoms with van der Waals surface area (Å²) < 4.78 is 20.7. The summed E-state index contributed by atoms with van der Waals surface area (Å²) in [5.74, 6) is -1.18. The minimum Gasteiger partial charge on any atom is -0.484 e.